The predicted octanol–water partition coefficient (Wildman–Crippen LogP) is 4.65. The van der Waals surface area contributed by atoms with Crippen molar-refractivity contribution in [2.45, 2.75) is 19.9 Å². The summed E-state index contributed by atoms with van der Waals surface area (Å²) in [5.41, 5.74) is 2.71. The molecular weight excluding hydrogens is 398 g/mol. The summed E-state index contributed by atoms with van der Waals surface area (Å²) in [5, 5.41) is 6.68. The molecule has 0 radical (unpaired) electrons. The van der Waals surface area contributed by atoms with Gasteiger partial charge in [0.05, 0.1) is 18.2 Å². The van der Waals surface area contributed by atoms with Crippen molar-refractivity contribution in [3.63, 3.8) is 0 Å². The largest absolute Gasteiger partial charge is 0.361 e. The number of halogens is 1. The summed E-state index contributed by atoms with van der Waals surface area (Å²) in [7, 11) is 1.75. The second kappa shape index (κ2) is 8.32. The molecule has 1 aliphatic heterocycles. The van der Waals surface area contributed by atoms with Gasteiger partial charge >= 0.3 is 0 Å². The number of fused-ring (bicyclic) bond motifs is 1. The Morgan fingerprint density at radius 3 is 2.73 bits per heavy atom. The van der Waals surface area contributed by atoms with Crippen molar-refractivity contribution in [2.24, 2.45) is 11.8 Å². The van der Waals surface area contributed by atoms with Crippen molar-refractivity contribution < 1.29 is 4.79 Å². The molecule has 1 aromatic heterocycles. The summed E-state index contributed by atoms with van der Waals surface area (Å²) >= 11 is 6.31. The van der Waals surface area contributed by atoms with Gasteiger partial charge in [0.15, 0.2) is 5.82 Å². The van der Waals surface area contributed by atoms with Crippen LogP contribution in [0.4, 0.5) is 17.5 Å². The third kappa shape index (κ3) is 3.71. The van der Waals surface area contributed by atoms with Gasteiger partial charge in [0.25, 0.3) is 0 Å². The molecule has 30 heavy (non-hydrogen) atoms. The van der Waals surface area contributed by atoms with Crippen LogP contribution in [0.15, 0.2) is 72.1 Å². The van der Waals surface area contributed by atoms with Crippen LogP contribution in [0.5, 0.6) is 0 Å². The molecule has 0 saturated carbocycles. The standard InChI is InChI=1S/C23H24ClN5O/c1-14-8-7-9-16-12-19(15(2)27-21-18(24)13-26-23(25-3)28-21)29(22(30)20(14)16)17-10-5-4-6-11-17/h4-15,20H,1-3H3,(H2,25,26,27,28)/t14?,15-,20?/m0/s1. The molecule has 2 aliphatic rings. The van der Waals surface area contributed by atoms with E-state index in [0.717, 1.165) is 17.0 Å². The molecule has 4 rings (SSSR count). The number of nitrogens with zero attached hydrogens (tertiary/aromatic N) is 3. The summed E-state index contributed by atoms with van der Waals surface area (Å²) in [5.74, 6) is 0.999. The Balaban J connectivity index is 1.75. The number of hydrogen-bond acceptors (Lipinski definition) is 5. The molecule has 2 heterocycles. The van der Waals surface area contributed by atoms with Crippen LogP contribution in [-0.2, 0) is 4.79 Å². The van der Waals surface area contributed by atoms with Gasteiger partial charge in [-0.25, -0.2) is 4.98 Å². The van der Waals surface area contributed by atoms with Crippen molar-refractivity contribution in [1.82, 2.24) is 9.97 Å². The van der Waals surface area contributed by atoms with E-state index in [4.69, 9.17) is 11.6 Å². The van der Waals surface area contributed by atoms with E-state index in [9.17, 15) is 4.79 Å². The molecule has 1 amide bonds. The van der Waals surface area contributed by atoms with Gasteiger partial charge in [-0.15, -0.1) is 0 Å². The Morgan fingerprint density at radius 2 is 2.00 bits per heavy atom. The number of nitrogens with one attached hydrogen (secondary N) is 2. The molecule has 2 N–H and O–H groups in total. The minimum atomic E-state index is -0.227. The second-order valence-corrected chi connectivity index (χ2v) is 7.88. The van der Waals surface area contributed by atoms with E-state index in [1.165, 1.54) is 0 Å². The first-order valence-corrected chi connectivity index (χ1v) is 10.3. The Labute approximate surface area is 181 Å². The lowest BCUT2D eigenvalue weighted by Gasteiger charge is -2.39. The minimum absolute atomic E-state index is 0.0696. The first kappa shape index (κ1) is 20.2. The van der Waals surface area contributed by atoms with Crippen LogP contribution in [-0.4, -0.2) is 29.0 Å². The number of benzene rings is 1. The van der Waals surface area contributed by atoms with Crippen LogP contribution in [0.25, 0.3) is 0 Å². The van der Waals surface area contributed by atoms with Gasteiger partial charge in [-0.05, 0) is 36.6 Å². The first-order chi connectivity index (χ1) is 14.5. The molecule has 154 valence electrons. The number of aromatic nitrogens is 2. The maximum Gasteiger partial charge on any atom is 0.239 e. The summed E-state index contributed by atoms with van der Waals surface area (Å²) in [6, 6.07) is 9.50. The van der Waals surface area contributed by atoms with Gasteiger partial charge in [0.2, 0.25) is 11.9 Å². The number of carbonyl (C=O) groups is 1. The Kier molecular flexibility index (Phi) is 5.59. The van der Waals surface area contributed by atoms with E-state index in [0.29, 0.717) is 16.8 Å². The number of para-hydroxylation sites is 1. The molecule has 2 aromatic rings. The fraction of sp³-hybridized carbons (Fsp3) is 0.261. The van der Waals surface area contributed by atoms with E-state index >= 15 is 0 Å². The van der Waals surface area contributed by atoms with Crippen molar-refractivity contribution in [2.75, 3.05) is 22.6 Å². The van der Waals surface area contributed by atoms with E-state index in [1.807, 2.05) is 54.3 Å². The summed E-state index contributed by atoms with van der Waals surface area (Å²) in [6.45, 7) is 4.07. The van der Waals surface area contributed by atoms with Crippen molar-refractivity contribution in [3.8, 4) is 0 Å². The SMILES string of the molecule is CNc1ncc(Cl)c(N[C@@H](C)C2=CC3=CC=CC(C)C3C(=O)N2c2ccccc2)n1. The smallest absolute Gasteiger partial charge is 0.239 e. The highest BCUT2D eigenvalue weighted by Crippen LogP contribution is 2.38. The molecule has 0 saturated heterocycles. The zero-order valence-corrected chi connectivity index (χ0v) is 17.9. The lowest BCUT2D eigenvalue weighted by molar-refractivity contribution is -0.122. The molecule has 0 bridgehead atoms. The van der Waals surface area contributed by atoms with Crippen LogP contribution < -0.4 is 15.5 Å². The fourth-order valence-electron chi connectivity index (χ4n) is 3.91. The number of rotatable bonds is 5. The van der Waals surface area contributed by atoms with Gasteiger partial charge in [0.1, 0.15) is 5.02 Å². The van der Waals surface area contributed by atoms with E-state index < -0.39 is 0 Å². The minimum Gasteiger partial charge on any atom is -0.361 e. The molecule has 1 aromatic carbocycles. The summed E-state index contributed by atoms with van der Waals surface area (Å²) < 4.78 is 0. The second-order valence-electron chi connectivity index (χ2n) is 7.47. The lowest BCUT2D eigenvalue weighted by Crippen LogP contribution is -2.46. The van der Waals surface area contributed by atoms with Gasteiger partial charge in [-0.1, -0.05) is 55.0 Å². The summed E-state index contributed by atoms with van der Waals surface area (Å²) in [6.07, 6.45) is 9.78. The van der Waals surface area contributed by atoms with Gasteiger partial charge in [-0.2, -0.15) is 4.98 Å². The molecule has 6 nitrogen and oxygen atoms in total. The fourth-order valence-corrected chi connectivity index (χ4v) is 4.05. The van der Waals surface area contributed by atoms with E-state index in [-0.39, 0.29) is 23.8 Å². The van der Waals surface area contributed by atoms with Gasteiger partial charge in [-0.3, -0.25) is 9.69 Å². The monoisotopic (exact) mass is 421 g/mol. The van der Waals surface area contributed by atoms with E-state index in [2.05, 4.69) is 39.7 Å². The zero-order chi connectivity index (χ0) is 21.3. The van der Waals surface area contributed by atoms with Crippen molar-refractivity contribution in [3.05, 3.63) is 77.1 Å². The van der Waals surface area contributed by atoms with Crippen LogP contribution in [0.1, 0.15) is 13.8 Å². The Hall–Kier alpha value is -3.12. The molecule has 0 fully saturated rings. The Bertz CT molecular complexity index is 1050. The zero-order valence-electron chi connectivity index (χ0n) is 17.1. The van der Waals surface area contributed by atoms with Crippen molar-refractivity contribution >= 4 is 35.0 Å². The average molecular weight is 422 g/mol. The third-order valence-electron chi connectivity index (χ3n) is 5.43. The topological polar surface area (TPSA) is 70.2 Å². The predicted molar refractivity (Wildman–Crippen MR) is 122 cm³/mol. The molecular formula is C23H24ClN5O. The van der Waals surface area contributed by atoms with Crippen LogP contribution in [0.3, 0.4) is 0 Å². The van der Waals surface area contributed by atoms with Crippen molar-refractivity contribution in [1.29, 1.82) is 0 Å². The third-order valence-corrected chi connectivity index (χ3v) is 5.70. The maximum absolute atomic E-state index is 13.6. The quantitative estimate of drug-likeness (QED) is 0.735. The van der Waals surface area contributed by atoms with Gasteiger partial charge in [0, 0.05) is 18.4 Å². The molecule has 0 spiro atoms. The normalized spacial score (nSPS) is 21.5. The number of amides is 1. The molecule has 3 atom stereocenters. The highest BCUT2D eigenvalue weighted by molar-refractivity contribution is 6.32. The van der Waals surface area contributed by atoms with Crippen LogP contribution >= 0.6 is 11.6 Å². The van der Waals surface area contributed by atoms with E-state index in [1.54, 1.807) is 13.2 Å². The maximum atomic E-state index is 13.6. The lowest BCUT2D eigenvalue weighted by atomic mass is 9.79. The highest BCUT2D eigenvalue weighted by atomic mass is 35.5. The Morgan fingerprint density at radius 1 is 1.23 bits per heavy atom. The molecule has 2 unspecified atom stereocenters. The number of allylic oxidation sites excluding steroid dienone is 4. The number of carbonyl (C=O) groups excluding carboxylic acids is 1. The number of hydrogen-bond donors (Lipinski definition) is 2. The number of anilines is 3. The van der Waals surface area contributed by atoms with Crippen LogP contribution in [0, 0.1) is 11.8 Å². The van der Waals surface area contributed by atoms with Gasteiger partial charge < -0.3 is 10.6 Å². The highest BCUT2D eigenvalue weighted by Gasteiger charge is 2.39. The molecule has 1 aliphatic carbocycles. The average Bonchev–Trinajstić information content (AvgIpc) is 2.75. The summed E-state index contributed by atoms with van der Waals surface area (Å²) in [4.78, 5) is 24.0. The van der Waals surface area contributed by atoms with Crippen LogP contribution in [0.2, 0.25) is 5.02 Å². The molecule has 7 heteroatoms. The first-order valence-electron chi connectivity index (χ1n) is 9.95.